The molecule has 7 heteroatoms. The van der Waals surface area contributed by atoms with Gasteiger partial charge in [-0.25, -0.2) is 0 Å². The van der Waals surface area contributed by atoms with Crippen molar-refractivity contribution in [2.24, 2.45) is 0 Å². The number of Topliss-reactive ketones (excluding diaryl/α,β-unsaturated/α-hetero) is 1. The molecule has 0 aliphatic carbocycles. The normalized spacial score (nSPS) is 14.7. The lowest BCUT2D eigenvalue weighted by Crippen LogP contribution is -2.46. The van der Waals surface area contributed by atoms with Gasteiger partial charge < -0.3 is 20.1 Å². The van der Waals surface area contributed by atoms with E-state index in [4.69, 9.17) is 9.47 Å². The third-order valence-electron chi connectivity index (χ3n) is 4.34. The molecule has 0 aromatic heterocycles. The van der Waals surface area contributed by atoms with E-state index in [2.05, 4.69) is 15.5 Å². The molecule has 7 nitrogen and oxygen atoms in total. The van der Waals surface area contributed by atoms with Gasteiger partial charge in [0.2, 0.25) is 5.91 Å². The van der Waals surface area contributed by atoms with Crippen LogP contribution < -0.4 is 20.1 Å². The minimum atomic E-state index is -0.0210. The summed E-state index contributed by atoms with van der Waals surface area (Å²) in [7, 11) is 1.54. The van der Waals surface area contributed by atoms with Gasteiger partial charge in [-0.15, -0.1) is 0 Å². The van der Waals surface area contributed by atoms with E-state index in [1.54, 1.807) is 18.2 Å². The largest absolute Gasteiger partial charge is 0.493 e. The molecule has 1 aliphatic heterocycles. The zero-order valence-electron chi connectivity index (χ0n) is 15.7. The van der Waals surface area contributed by atoms with Crippen molar-refractivity contribution >= 4 is 11.7 Å². The highest BCUT2D eigenvalue weighted by Gasteiger charge is 2.10. The number of amides is 1. The van der Waals surface area contributed by atoms with Crippen LogP contribution in [0.4, 0.5) is 0 Å². The highest BCUT2D eigenvalue weighted by molar-refractivity contribution is 5.94. The molecule has 1 fully saturated rings. The molecule has 1 aliphatic rings. The van der Waals surface area contributed by atoms with Gasteiger partial charge >= 0.3 is 0 Å². The van der Waals surface area contributed by atoms with Crippen LogP contribution >= 0.6 is 0 Å². The second-order valence-electron chi connectivity index (χ2n) is 6.32. The van der Waals surface area contributed by atoms with Crippen molar-refractivity contribution in [1.29, 1.82) is 0 Å². The quantitative estimate of drug-likeness (QED) is 0.478. The van der Waals surface area contributed by atoms with Crippen LogP contribution in [0.2, 0.25) is 0 Å². The van der Waals surface area contributed by atoms with Gasteiger partial charge in [0.15, 0.2) is 17.3 Å². The summed E-state index contributed by atoms with van der Waals surface area (Å²) in [6.45, 7) is 7.60. The number of hydrogen-bond donors (Lipinski definition) is 2. The monoisotopic (exact) mass is 363 g/mol. The van der Waals surface area contributed by atoms with Crippen molar-refractivity contribution in [3.8, 4) is 11.5 Å². The van der Waals surface area contributed by atoms with Crippen molar-refractivity contribution in [3.05, 3.63) is 23.8 Å². The summed E-state index contributed by atoms with van der Waals surface area (Å²) < 4.78 is 10.9. The molecule has 1 amide bonds. The molecule has 1 saturated heterocycles. The maximum atomic E-state index is 11.9. The zero-order valence-corrected chi connectivity index (χ0v) is 15.7. The summed E-state index contributed by atoms with van der Waals surface area (Å²) in [5, 5.41) is 6.26. The summed E-state index contributed by atoms with van der Waals surface area (Å²) in [4.78, 5) is 25.6. The molecule has 144 valence electrons. The fraction of sp³-hybridized carbons (Fsp3) is 0.579. The van der Waals surface area contributed by atoms with Crippen LogP contribution in [-0.2, 0) is 4.79 Å². The molecule has 0 bridgehead atoms. The number of hydrogen-bond acceptors (Lipinski definition) is 6. The smallest absolute Gasteiger partial charge is 0.220 e. The van der Waals surface area contributed by atoms with E-state index in [9.17, 15) is 9.59 Å². The molecule has 0 atom stereocenters. The predicted octanol–water partition coefficient (Wildman–Crippen LogP) is 1.08. The lowest BCUT2D eigenvalue weighted by molar-refractivity contribution is -0.121. The number of rotatable bonds is 10. The Morgan fingerprint density at radius 3 is 2.69 bits per heavy atom. The minimum Gasteiger partial charge on any atom is -0.493 e. The van der Waals surface area contributed by atoms with Crippen molar-refractivity contribution in [3.63, 3.8) is 0 Å². The summed E-state index contributed by atoms with van der Waals surface area (Å²) in [5.74, 6) is 1.13. The lowest BCUT2D eigenvalue weighted by atomic mass is 10.1. The number of ketones is 1. The lowest BCUT2D eigenvalue weighted by Gasteiger charge is -2.27. The van der Waals surface area contributed by atoms with Crippen LogP contribution in [0.5, 0.6) is 11.5 Å². The van der Waals surface area contributed by atoms with E-state index < -0.39 is 0 Å². The van der Waals surface area contributed by atoms with Gasteiger partial charge in [-0.3, -0.25) is 14.5 Å². The van der Waals surface area contributed by atoms with Gasteiger partial charge in [0.05, 0.1) is 13.7 Å². The van der Waals surface area contributed by atoms with Crippen LogP contribution in [0.1, 0.15) is 30.1 Å². The Kier molecular flexibility index (Phi) is 8.37. The summed E-state index contributed by atoms with van der Waals surface area (Å²) >= 11 is 0. The second kappa shape index (κ2) is 10.8. The first-order chi connectivity index (χ1) is 12.6. The third-order valence-corrected chi connectivity index (χ3v) is 4.34. The maximum Gasteiger partial charge on any atom is 0.220 e. The van der Waals surface area contributed by atoms with Gasteiger partial charge in [0.1, 0.15) is 0 Å². The first kappa shape index (κ1) is 20.2. The molecular weight excluding hydrogens is 334 g/mol. The van der Waals surface area contributed by atoms with E-state index in [0.29, 0.717) is 43.1 Å². The number of piperazine rings is 1. The highest BCUT2D eigenvalue weighted by atomic mass is 16.5. The van der Waals surface area contributed by atoms with Crippen molar-refractivity contribution in [2.45, 2.75) is 19.8 Å². The SMILES string of the molecule is COc1cc(C(C)=O)ccc1OCCCC(=O)NCCN1CCNCC1. The molecule has 1 aromatic carbocycles. The minimum absolute atomic E-state index is 0.0210. The molecule has 2 N–H and O–H groups in total. The molecule has 2 rings (SSSR count). The average Bonchev–Trinajstić information content (AvgIpc) is 2.66. The Labute approximate surface area is 155 Å². The molecule has 0 saturated carbocycles. The standard InChI is InChI=1S/C19H29N3O4/c1-15(23)16-5-6-17(18(14-16)25-2)26-13-3-4-19(24)21-9-12-22-10-7-20-8-11-22/h5-6,14,20H,3-4,7-13H2,1-2H3,(H,21,24). The van der Waals surface area contributed by atoms with E-state index >= 15 is 0 Å². The zero-order chi connectivity index (χ0) is 18.8. The Morgan fingerprint density at radius 1 is 1.23 bits per heavy atom. The van der Waals surface area contributed by atoms with Crippen molar-refractivity contribution in [1.82, 2.24) is 15.5 Å². The number of carbonyl (C=O) groups excluding carboxylic acids is 2. The van der Waals surface area contributed by atoms with Crippen molar-refractivity contribution in [2.75, 3.05) is 53.0 Å². The second-order valence-corrected chi connectivity index (χ2v) is 6.32. The first-order valence-corrected chi connectivity index (χ1v) is 9.11. The van der Waals surface area contributed by atoms with Crippen molar-refractivity contribution < 1.29 is 19.1 Å². The van der Waals surface area contributed by atoms with Crippen LogP contribution in [0.15, 0.2) is 18.2 Å². The van der Waals surface area contributed by atoms with Gasteiger partial charge in [0, 0.05) is 51.3 Å². The maximum absolute atomic E-state index is 11.9. The number of ether oxygens (including phenoxy) is 2. The van der Waals surface area contributed by atoms with Gasteiger partial charge in [-0.1, -0.05) is 0 Å². The molecule has 1 heterocycles. The number of carbonyl (C=O) groups is 2. The van der Waals surface area contributed by atoms with E-state index in [-0.39, 0.29) is 11.7 Å². The molecule has 26 heavy (non-hydrogen) atoms. The number of benzene rings is 1. The molecule has 0 spiro atoms. The fourth-order valence-electron chi connectivity index (χ4n) is 2.80. The summed E-state index contributed by atoms with van der Waals surface area (Å²) in [5.41, 5.74) is 0.582. The van der Waals surface area contributed by atoms with Crippen LogP contribution in [0.25, 0.3) is 0 Å². The molecule has 1 aromatic rings. The van der Waals surface area contributed by atoms with E-state index in [1.807, 2.05) is 0 Å². The summed E-state index contributed by atoms with van der Waals surface area (Å²) in [6, 6.07) is 5.10. The van der Waals surface area contributed by atoms with Crippen LogP contribution in [0.3, 0.4) is 0 Å². The average molecular weight is 363 g/mol. The fourth-order valence-corrected chi connectivity index (χ4v) is 2.80. The first-order valence-electron chi connectivity index (χ1n) is 9.11. The molecular formula is C19H29N3O4. The molecule has 0 radical (unpaired) electrons. The third kappa shape index (κ3) is 6.65. The Morgan fingerprint density at radius 2 is 2.00 bits per heavy atom. The van der Waals surface area contributed by atoms with Crippen LogP contribution in [0, 0.1) is 0 Å². The number of nitrogens with one attached hydrogen (secondary N) is 2. The Balaban J connectivity index is 1.63. The number of methoxy groups -OCH3 is 1. The van der Waals surface area contributed by atoms with Gasteiger partial charge in [0.25, 0.3) is 0 Å². The Hall–Kier alpha value is -2.12. The van der Waals surface area contributed by atoms with Gasteiger partial charge in [-0.05, 0) is 31.5 Å². The van der Waals surface area contributed by atoms with E-state index in [0.717, 1.165) is 32.7 Å². The molecule has 0 unspecified atom stereocenters. The van der Waals surface area contributed by atoms with E-state index in [1.165, 1.54) is 14.0 Å². The van der Waals surface area contributed by atoms with Crippen LogP contribution in [-0.4, -0.2) is 69.6 Å². The highest BCUT2D eigenvalue weighted by Crippen LogP contribution is 2.28. The Bertz CT molecular complexity index is 600. The van der Waals surface area contributed by atoms with Gasteiger partial charge in [-0.2, -0.15) is 0 Å². The number of nitrogens with zero attached hydrogens (tertiary/aromatic N) is 1. The predicted molar refractivity (Wildman–Crippen MR) is 100 cm³/mol. The topological polar surface area (TPSA) is 79.9 Å². The summed E-state index contributed by atoms with van der Waals surface area (Å²) in [6.07, 6.45) is 1.05.